The maximum atomic E-state index is 11.7. The van der Waals surface area contributed by atoms with E-state index in [9.17, 15) is 9.59 Å². The zero-order valence-corrected chi connectivity index (χ0v) is 9.58. The summed E-state index contributed by atoms with van der Waals surface area (Å²) >= 11 is 5.70. The number of esters is 1. The van der Waals surface area contributed by atoms with E-state index < -0.39 is 5.97 Å². The Morgan fingerprint density at radius 3 is 2.38 bits per heavy atom. The van der Waals surface area contributed by atoms with E-state index in [1.54, 1.807) is 24.3 Å². The Balaban J connectivity index is 2.67. The Morgan fingerprint density at radius 2 is 1.88 bits per heavy atom. The van der Waals surface area contributed by atoms with Crippen molar-refractivity contribution in [2.45, 2.75) is 6.92 Å². The summed E-state index contributed by atoms with van der Waals surface area (Å²) in [6.45, 7) is 4.76. The molecule has 0 saturated heterocycles. The molecule has 4 heteroatoms. The molecule has 0 unspecified atom stereocenters. The highest BCUT2D eigenvalue weighted by molar-refractivity contribution is 6.30. The lowest BCUT2D eigenvalue weighted by Crippen LogP contribution is -2.10. The third kappa shape index (κ3) is 3.51. The topological polar surface area (TPSA) is 43.4 Å². The second-order valence-electron chi connectivity index (χ2n) is 3.22. The van der Waals surface area contributed by atoms with E-state index in [1.807, 2.05) is 0 Å². The zero-order valence-electron chi connectivity index (χ0n) is 8.83. The molecule has 1 aromatic rings. The summed E-state index contributed by atoms with van der Waals surface area (Å²) in [5, 5.41) is 0.558. The number of Topliss-reactive ketones (excluding diaryl/α,β-unsaturated/α-hetero) is 1. The van der Waals surface area contributed by atoms with Crippen molar-refractivity contribution in [3.05, 3.63) is 47.0 Å². The molecule has 0 bridgehead atoms. The molecule has 84 valence electrons. The monoisotopic (exact) mass is 238 g/mol. The molecule has 0 N–H and O–H groups in total. The normalized spacial score (nSPS) is 9.62. The number of benzene rings is 1. The van der Waals surface area contributed by atoms with Gasteiger partial charge in [-0.3, -0.25) is 9.59 Å². The summed E-state index contributed by atoms with van der Waals surface area (Å²) in [6.07, 6.45) is 0. The van der Waals surface area contributed by atoms with Crippen molar-refractivity contribution in [3.8, 4) is 0 Å². The van der Waals surface area contributed by atoms with Gasteiger partial charge in [-0.25, -0.2) is 0 Å². The maximum absolute atomic E-state index is 11.7. The predicted molar refractivity (Wildman–Crippen MR) is 61.6 cm³/mol. The second kappa shape index (κ2) is 5.47. The van der Waals surface area contributed by atoms with E-state index in [2.05, 4.69) is 11.3 Å². The van der Waals surface area contributed by atoms with Crippen LogP contribution >= 0.6 is 11.6 Å². The zero-order chi connectivity index (χ0) is 12.1. The van der Waals surface area contributed by atoms with Gasteiger partial charge in [-0.2, -0.15) is 0 Å². The fourth-order valence-corrected chi connectivity index (χ4v) is 1.19. The van der Waals surface area contributed by atoms with Gasteiger partial charge in [-0.1, -0.05) is 18.2 Å². The lowest BCUT2D eigenvalue weighted by Gasteiger charge is -2.05. The summed E-state index contributed by atoms with van der Waals surface area (Å²) in [5.74, 6) is -0.692. The van der Waals surface area contributed by atoms with Gasteiger partial charge in [0.2, 0.25) is 0 Å². The number of hydrogen-bond acceptors (Lipinski definition) is 3. The molecule has 0 atom stereocenters. The van der Waals surface area contributed by atoms with Crippen molar-refractivity contribution in [2.75, 3.05) is 6.61 Å². The molecule has 0 aromatic heterocycles. The highest BCUT2D eigenvalue weighted by Crippen LogP contribution is 2.12. The molecular formula is C12H11ClO3. The number of carbonyl (C=O) groups excluding carboxylic acids is 2. The minimum absolute atomic E-state index is 0.0865. The van der Waals surface area contributed by atoms with E-state index in [1.165, 1.54) is 6.92 Å². The highest BCUT2D eigenvalue weighted by atomic mass is 35.5. The Labute approximate surface area is 98.7 Å². The number of halogens is 1. The Hall–Kier alpha value is -1.61. The molecule has 0 radical (unpaired) electrons. The molecule has 0 saturated carbocycles. The summed E-state index contributed by atoms with van der Waals surface area (Å²) in [6, 6.07) is 6.44. The molecule has 0 aliphatic heterocycles. The lowest BCUT2D eigenvalue weighted by atomic mass is 10.1. The lowest BCUT2D eigenvalue weighted by molar-refractivity contribution is -0.139. The molecule has 0 aliphatic carbocycles. The van der Waals surface area contributed by atoms with E-state index >= 15 is 0 Å². The summed E-state index contributed by atoms with van der Waals surface area (Å²) in [4.78, 5) is 22.3. The van der Waals surface area contributed by atoms with Crippen LogP contribution in [-0.2, 0) is 9.53 Å². The Morgan fingerprint density at radius 1 is 1.31 bits per heavy atom. The minimum atomic E-state index is -0.440. The number of carbonyl (C=O) groups is 2. The molecule has 0 amide bonds. The maximum Gasteiger partial charge on any atom is 0.302 e. The molecule has 1 rings (SSSR count). The summed E-state index contributed by atoms with van der Waals surface area (Å²) in [5.41, 5.74) is 0.707. The molecule has 3 nitrogen and oxygen atoms in total. The SMILES string of the molecule is C=C(COC(C)=O)C(=O)c1ccc(Cl)cc1. The molecule has 0 fully saturated rings. The minimum Gasteiger partial charge on any atom is -0.461 e. The standard InChI is InChI=1S/C12H11ClO3/c1-8(7-16-9(2)14)12(15)10-3-5-11(13)6-4-10/h3-6H,1,7H2,2H3. The van der Waals surface area contributed by atoms with Crippen LogP contribution in [0.2, 0.25) is 5.02 Å². The van der Waals surface area contributed by atoms with Crippen molar-refractivity contribution in [1.82, 2.24) is 0 Å². The van der Waals surface area contributed by atoms with Gasteiger partial charge in [-0.05, 0) is 24.3 Å². The Kier molecular flexibility index (Phi) is 4.26. The molecule has 0 spiro atoms. The molecular weight excluding hydrogens is 228 g/mol. The first-order valence-electron chi connectivity index (χ1n) is 4.62. The van der Waals surface area contributed by atoms with Crippen molar-refractivity contribution in [2.24, 2.45) is 0 Å². The summed E-state index contributed by atoms with van der Waals surface area (Å²) < 4.78 is 4.68. The average Bonchev–Trinajstić information content (AvgIpc) is 2.26. The number of hydrogen-bond donors (Lipinski definition) is 0. The van der Waals surface area contributed by atoms with Gasteiger partial charge >= 0.3 is 5.97 Å². The van der Waals surface area contributed by atoms with Crippen LogP contribution in [0.3, 0.4) is 0 Å². The van der Waals surface area contributed by atoms with E-state index in [0.29, 0.717) is 10.6 Å². The quantitative estimate of drug-likeness (QED) is 0.460. The van der Waals surface area contributed by atoms with Crippen LogP contribution in [0.5, 0.6) is 0 Å². The van der Waals surface area contributed by atoms with Gasteiger partial charge in [0.05, 0.1) is 0 Å². The first-order valence-corrected chi connectivity index (χ1v) is 5.00. The predicted octanol–water partition coefficient (Wildman–Crippen LogP) is 2.64. The third-order valence-corrected chi connectivity index (χ3v) is 2.13. The van der Waals surface area contributed by atoms with Crippen LogP contribution in [0.25, 0.3) is 0 Å². The van der Waals surface area contributed by atoms with Gasteiger partial charge in [-0.15, -0.1) is 0 Å². The Bertz CT molecular complexity index is 420. The van der Waals surface area contributed by atoms with Crippen molar-refractivity contribution < 1.29 is 14.3 Å². The van der Waals surface area contributed by atoms with Gasteiger partial charge in [0, 0.05) is 23.1 Å². The van der Waals surface area contributed by atoms with Gasteiger partial charge in [0.1, 0.15) is 6.61 Å². The van der Waals surface area contributed by atoms with Gasteiger partial charge in [0.25, 0.3) is 0 Å². The van der Waals surface area contributed by atoms with Crippen LogP contribution < -0.4 is 0 Å². The third-order valence-electron chi connectivity index (χ3n) is 1.88. The van der Waals surface area contributed by atoms with Crippen LogP contribution in [-0.4, -0.2) is 18.4 Å². The first kappa shape index (κ1) is 12.5. The van der Waals surface area contributed by atoms with Crippen LogP contribution in [0, 0.1) is 0 Å². The van der Waals surface area contributed by atoms with Crippen LogP contribution in [0.4, 0.5) is 0 Å². The highest BCUT2D eigenvalue weighted by Gasteiger charge is 2.11. The van der Waals surface area contributed by atoms with E-state index in [0.717, 1.165) is 0 Å². The average molecular weight is 239 g/mol. The fraction of sp³-hybridized carbons (Fsp3) is 0.167. The molecule has 16 heavy (non-hydrogen) atoms. The largest absolute Gasteiger partial charge is 0.461 e. The van der Waals surface area contributed by atoms with Gasteiger partial charge < -0.3 is 4.74 Å². The fourth-order valence-electron chi connectivity index (χ4n) is 1.06. The number of ketones is 1. The molecule has 1 aromatic carbocycles. The van der Waals surface area contributed by atoms with Crippen molar-refractivity contribution in [3.63, 3.8) is 0 Å². The van der Waals surface area contributed by atoms with Gasteiger partial charge in [0.15, 0.2) is 5.78 Å². The number of ether oxygens (including phenoxy) is 1. The summed E-state index contributed by atoms with van der Waals surface area (Å²) in [7, 11) is 0. The smallest absolute Gasteiger partial charge is 0.302 e. The number of rotatable bonds is 4. The molecule has 0 heterocycles. The van der Waals surface area contributed by atoms with Crippen molar-refractivity contribution in [1.29, 1.82) is 0 Å². The van der Waals surface area contributed by atoms with Crippen LogP contribution in [0.15, 0.2) is 36.4 Å². The molecule has 0 aliphatic rings. The first-order chi connectivity index (χ1) is 7.50. The van der Waals surface area contributed by atoms with Crippen LogP contribution in [0.1, 0.15) is 17.3 Å². The van der Waals surface area contributed by atoms with E-state index in [4.69, 9.17) is 11.6 Å². The van der Waals surface area contributed by atoms with E-state index in [-0.39, 0.29) is 18.0 Å². The second-order valence-corrected chi connectivity index (χ2v) is 3.66. The van der Waals surface area contributed by atoms with Crippen molar-refractivity contribution >= 4 is 23.4 Å².